The molecule has 0 amide bonds. The molecule has 1 rings (SSSR count). The average molecular weight is 270 g/mol. The van der Waals surface area contributed by atoms with Crippen molar-refractivity contribution in [2.75, 3.05) is 45.9 Å². The first-order chi connectivity index (χ1) is 9.36. The fourth-order valence-electron chi connectivity index (χ4n) is 2.84. The van der Waals surface area contributed by atoms with E-state index >= 15 is 0 Å². The summed E-state index contributed by atoms with van der Waals surface area (Å²) in [6, 6.07) is 0. The minimum atomic E-state index is 0.366. The van der Waals surface area contributed by atoms with Gasteiger partial charge in [-0.05, 0) is 25.9 Å². The first kappa shape index (κ1) is 16.9. The number of piperazine rings is 1. The van der Waals surface area contributed by atoms with E-state index < -0.39 is 0 Å². The Morgan fingerprint density at radius 2 is 1.16 bits per heavy atom. The molecule has 1 saturated heterocycles. The number of hydrogen-bond donors (Lipinski definition) is 1. The summed E-state index contributed by atoms with van der Waals surface area (Å²) >= 11 is 0. The third-order valence-corrected chi connectivity index (χ3v) is 4.29. The van der Waals surface area contributed by atoms with E-state index in [4.69, 9.17) is 5.11 Å². The Labute approximate surface area is 120 Å². The van der Waals surface area contributed by atoms with Gasteiger partial charge >= 0.3 is 0 Å². The highest BCUT2D eigenvalue weighted by molar-refractivity contribution is 4.70. The van der Waals surface area contributed by atoms with Gasteiger partial charge in [-0.2, -0.15) is 0 Å². The summed E-state index contributed by atoms with van der Waals surface area (Å²) in [5, 5.41) is 8.69. The molecule has 0 aromatic carbocycles. The quantitative estimate of drug-likeness (QED) is 0.585. The predicted molar refractivity (Wildman–Crippen MR) is 82.6 cm³/mol. The Balaban J connectivity index is 1.81. The zero-order chi connectivity index (χ0) is 13.8. The Morgan fingerprint density at radius 3 is 1.68 bits per heavy atom. The van der Waals surface area contributed by atoms with Crippen LogP contribution < -0.4 is 0 Å². The molecule has 1 aliphatic rings. The number of unbranched alkanes of at least 4 members (excludes halogenated alkanes) is 7. The lowest BCUT2D eigenvalue weighted by atomic mass is 10.1. The van der Waals surface area contributed by atoms with Crippen LogP contribution >= 0.6 is 0 Å². The molecule has 0 aromatic heterocycles. The summed E-state index contributed by atoms with van der Waals surface area (Å²) in [6.45, 7) is 10.2. The van der Waals surface area contributed by atoms with Crippen molar-refractivity contribution < 1.29 is 5.11 Å². The van der Waals surface area contributed by atoms with Crippen molar-refractivity contribution in [3.63, 3.8) is 0 Å². The topological polar surface area (TPSA) is 26.7 Å². The van der Waals surface area contributed by atoms with Crippen LogP contribution in [0.5, 0.6) is 0 Å². The molecule has 0 radical (unpaired) electrons. The molecule has 19 heavy (non-hydrogen) atoms. The molecule has 0 saturated carbocycles. The third-order valence-electron chi connectivity index (χ3n) is 4.29. The monoisotopic (exact) mass is 270 g/mol. The zero-order valence-corrected chi connectivity index (χ0v) is 12.9. The third kappa shape index (κ3) is 8.61. The average Bonchev–Trinajstić information content (AvgIpc) is 2.46. The van der Waals surface area contributed by atoms with Gasteiger partial charge in [0.15, 0.2) is 0 Å². The van der Waals surface area contributed by atoms with Crippen LogP contribution in [0.1, 0.15) is 58.3 Å². The lowest BCUT2D eigenvalue weighted by Crippen LogP contribution is -2.46. The van der Waals surface area contributed by atoms with Crippen molar-refractivity contribution in [2.24, 2.45) is 0 Å². The predicted octanol–water partition coefficient (Wildman–Crippen LogP) is 2.74. The number of aliphatic hydroxyl groups excluding tert-OH is 1. The lowest BCUT2D eigenvalue weighted by molar-refractivity contribution is 0.135. The molecule has 0 bridgehead atoms. The standard InChI is InChI=1S/C16H34N2O/c1-2-17-12-14-18(15-13-17)11-9-7-5-3-4-6-8-10-16-19/h19H,2-16H2,1H3. The van der Waals surface area contributed by atoms with Crippen LogP contribution in [-0.4, -0.2) is 60.8 Å². The summed E-state index contributed by atoms with van der Waals surface area (Å²) in [7, 11) is 0. The van der Waals surface area contributed by atoms with E-state index in [2.05, 4.69) is 16.7 Å². The summed E-state index contributed by atoms with van der Waals surface area (Å²) < 4.78 is 0. The first-order valence-electron chi connectivity index (χ1n) is 8.42. The molecule has 1 heterocycles. The van der Waals surface area contributed by atoms with Gasteiger partial charge in [0.25, 0.3) is 0 Å². The second-order valence-corrected chi connectivity index (χ2v) is 5.83. The van der Waals surface area contributed by atoms with Crippen LogP contribution in [0.15, 0.2) is 0 Å². The van der Waals surface area contributed by atoms with E-state index in [9.17, 15) is 0 Å². The molecule has 114 valence electrons. The second kappa shape index (κ2) is 11.7. The van der Waals surface area contributed by atoms with Crippen LogP contribution in [0.25, 0.3) is 0 Å². The van der Waals surface area contributed by atoms with Crippen LogP contribution in [0.4, 0.5) is 0 Å². The summed E-state index contributed by atoms with van der Waals surface area (Å²) in [5.74, 6) is 0. The minimum Gasteiger partial charge on any atom is -0.396 e. The van der Waals surface area contributed by atoms with Gasteiger partial charge in [0.1, 0.15) is 0 Å². The highest BCUT2D eigenvalue weighted by Gasteiger charge is 2.14. The van der Waals surface area contributed by atoms with Crippen LogP contribution in [0, 0.1) is 0 Å². The molecule has 0 spiro atoms. The van der Waals surface area contributed by atoms with E-state index in [1.165, 1.54) is 84.2 Å². The highest BCUT2D eigenvalue weighted by Crippen LogP contribution is 2.09. The number of aliphatic hydroxyl groups is 1. The SMILES string of the molecule is CCN1CCN(CCCCCCCCCCO)CC1. The van der Waals surface area contributed by atoms with E-state index in [-0.39, 0.29) is 0 Å². The second-order valence-electron chi connectivity index (χ2n) is 5.83. The van der Waals surface area contributed by atoms with Gasteiger partial charge in [-0.3, -0.25) is 0 Å². The molecular formula is C16H34N2O. The number of hydrogen-bond acceptors (Lipinski definition) is 3. The van der Waals surface area contributed by atoms with E-state index in [0.717, 1.165) is 6.42 Å². The van der Waals surface area contributed by atoms with Crippen molar-refractivity contribution >= 4 is 0 Å². The van der Waals surface area contributed by atoms with Crippen molar-refractivity contribution in [1.29, 1.82) is 0 Å². The lowest BCUT2D eigenvalue weighted by Gasteiger charge is -2.33. The normalized spacial score (nSPS) is 18.0. The smallest absolute Gasteiger partial charge is 0.0431 e. The molecule has 0 unspecified atom stereocenters. The van der Waals surface area contributed by atoms with Crippen LogP contribution in [0.2, 0.25) is 0 Å². The van der Waals surface area contributed by atoms with Gasteiger partial charge in [0.2, 0.25) is 0 Å². The molecule has 3 nitrogen and oxygen atoms in total. The number of rotatable bonds is 11. The van der Waals surface area contributed by atoms with Gasteiger partial charge in [0, 0.05) is 32.8 Å². The van der Waals surface area contributed by atoms with Crippen molar-refractivity contribution in [2.45, 2.75) is 58.3 Å². The maximum atomic E-state index is 8.69. The van der Waals surface area contributed by atoms with Gasteiger partial charge in [0.05, 0.1) is 0 Å². The Morgan fingerprint density at radius 1 is 0.684 bits per heavy atom. The van der Waals surface area contributed by atoms with Crippen LogP contribution in [0.3, 0.4) is 0 Å². The number of nitrogens with zero attached hydrogens (tertiary/aromatic N) is 2. The van der Waals surface area contributed by atoms with Crippen molar-refractivity contribution in [3.8, 4) is 0 Å². The van der Waals surface area contributed by atoms with Gasteiger partial charge < -0.3 is 14.9 Å². The largest absolute Gasteiger partial charge is 0.396 e. The number of likely N-dealkylation sites (N-methyl/N-ethyl adjacent to an activating group) is 1. The van der Waals surface area contributed by atoms with Crippen molar-refractivity contribution in [3.05, 3.63) is 0 Å². The molecule has 1 aliphatic heterocycles. The maximum absolute atomic E-state index is 8.69. The highest BCUT2D eigenvalue weighted by atomic mass is 16.2. The van der Waals surface area contributed by atoms with E-state index in [1.54, 1.807) is 0 Å². The molecule has 1 fully saturated rings. The molecule has 0 aromatic rings. The molecular weight excluding hydrogens is 236 g/mol. The first-order valence-corrected chi connectivity index (χ1v) is 8.42. The van der Waals surface area contributed by atoms with E-state index in [0.29, 0.717) is 6.61 Å². The zero-order valence-electron chi connectivity index (χ0n) is 12.9. The fraction of sp³-hybridized carbons (Fsp3) is 1.00. The molecule has 1 N–H and O–H groups in total. The summed E-state index contributed by atoms with van der Waals surface area (Å²) in [4.78, 5) is 5.18. The summed E-state index contributed by atoms with van der Waals surface area (Å²) in [5.41, 5.74) is 0. The minimum absolute atomic E-state index is 0.366. The molecule has 0 aliphatic carbocycles. The Hall–Kier alpha value is -0.120. The molecule has 0 atom stereocenters. The fourth-order valence-corrected chi connectivity index (χ4v) is 2.84. The molecule has 3 heteroatoms. The van der Waals surface area contributed by atoms with Crippen LogP contribution in [-0.2, 0) is 0 Å². The van der Waals surface area contributed by atoms with Gasteiger partial charge in [-0.25, -0.2) is 0 Å². The Bertz CT molecular complexity index is 191. The Kier molecular flexibility index (Phi) is 10.4. The van der Waals surface area contributed by atoms with Gasteiger partial charge in [-0.1, -0.05) is 45.4 Å². The van der Waals surface area contributed by atoms with Gasteiger partial charge in [-0.15, -0.1) is 0 Å². The van der Waals surface area contributed by atoms with E-state index in [1.807, 2.05) is 0 Å². The summed E-state index contributed by atoms with van der Waals surface area (Å²) in [6.07, 6.45) is 10.4. The van der Waals surface area contributed by atoms with Crippen molar-refractivity contribution in [1.82, 2.24) is 9.80 Å². The maximum Gasteiger partial charge on any atom is 0.0431 e.